The number of carbonyl (C=O) groups is 1. The number of sulfonamides is 1. The molecule has 1 aromatic heterocycles. The lowest BCUT2D eigenvalue weighted by molar-refractivity contribution is -0.126. The Morgan fingerprint density at radius 2 is 1.96 bits per heavy atom. The van der Waals surface area contributed by atoms with Crippen LogP contribution >= 0.6 is 0 Å². The molecular weight excluding hydrogens is 350 g/mol. The van der Waals surface area contributed by atoms with E-state index >= 15 is 0 Å². The van der Waals surface area contributed by atoms with Crippen molar-refractivity contribution in [2.75, 3.05) is 25.4 Å². The van der Waals surface area contributed by atoms with E-state index in [1.807, 2.05) is 30.3 Å². The van der Waals surface area contributed by atoms with E-state index in [-0.39, 0.29) is 17.6 Å². The van der Waals surface area contributed by atoms with E-state index in [9.17, 15) is 13.2 Å². The minimum Gasteiger partial charge on any atom is -0.356 e. The number of rotatable bonds is 6. The molecule has 0 atom stereocenters. The fraction of sp³-hybridized carbons (Fsp3) is 0.474. The second-order valence-electron chi connectivity index (χ2n) is 6.61. The van der Waals surface area contributed by atoms with E-state index in [0.29, 0.717) is 32.5 Å². The highest BCUT2D eigenvalue weighted by Crippen LogP contribution is 2.20. The number of benzene rings is 1. The topological polar surface area (TPSA) is 79.4 Å². The summed E-state index contributed by atoms with van der Waals surface area (Å²) < 4.78 is 25.3. The number of aromatic nitrogens is 1. The SMILES string of the molecule is CCS(=O)(=O)N1CCC(C(=O)NCCc2cccc3cccnc23)CC1. The number of carbonyl (C=O) groups excluding carboxylic acids is 1. The summed E-state index contributed by atoms with van der Waals surface area (Å²) in [5, 5.41) is 4.10. The summed E-state index contributed by atoms with van der Waals surface area (Å²) in [6, 6.07) is 10.0. The molecule has 0 bridgehead atoms. The van der Waals surface area contributed by atoms with Gasteiger partial charge < -0.3 is 5.32 Å². The number of para-hydroxylation sites is 1. The van der Waals surface area contributed by atoms with Gasteiger partial charge in [0.25, 0.3) is 0 Å². The smallest absolute Gasteiger partial charge is 0.223 e. The Kier molecular flexibility index (Phi) is 5.88. The maximum Gasteiger partial charge on any atom is 0.223 e. The molecule has 1 fully saturated rings. The van der Waals surface area contributed by atoms with Crippen molar-refractivity contribution in [3.8, 4) is 0 Å². The van der Waals surface area contributed by atoms with Gasteiger partial charge in [-0.1, -0.05) is 24.3 Å². The first-order valence-corrected chi connectivity index (χ1v) is 10.7. The van der Waals surface area contributed by atoms with Crippen LogP contribution in [0, 0.1) is 5.92 Å². The predicted octanol–water partition coefficient (Wildman–Crippen LogP) is 1.96. The molecule has 0 aliphatic carbocycles. The molecule has 2 heterocycles. The molecule has 6 nitrogen and oxygen atoms in total. The normalized spacial score (nSPS) is 16.7. The van der Waals surface area contributed by atoms with Gasteiger partial charge in [-0.15, -0.1) is 0 Å². The second kappa shape index (κ2) is 8.14. The molecule has 1 amide bonds. The summed E-state index contributed by atoms with van der Waals surface area (Å²) in [6.07, 6.45) is 3.67. The zero-order valence-electron chi connectivity index (χ0n) is 15.0. The van der Waals surface area contributed by atoms with Gasteiger partial charge in [-0.3, -0.25) is 9.78 Å². The average molecular weight is 375 g/mol. The molecule has 0 spiro atoms. The lowest BCUT2D eigenvalue weighted by Crippen LogP contribution is -2.43. The van der Waals surface area contributed by atoms with Crippen LogP contribution in [0.3, 0.4) is 0 Å². The van der Waals surface area contributed by atoms with Gasteiger partial charge in [0.15, 0.2) is 0 Å². The molecule has 0 saturated carbocycles. The van der Waals surface area contributed by atoms with E-state index in [1.54, 1.807) is 13.1 Å². The molecule has 1 aromatic carbocycles. The number of hydrogen-bond donors (Lipinski definition) is 1. The molecule has 26 heavy (non-hydrogen) atoms. The monoisotopic (exact) mass is 375 g/mol. The number of nitrogens with zero attached hydrogens (tertiary/aromatic N) is 2. The number of nitrogens with one attached hydrogen (secondary N) is 1. The van der Waals surface area contributed by atoms with Gasteiger partial charge in [-0.2, -0.15) is 0 Å². The van der Waals surface area contributed by atoms with Crippen LogP contribution < -0.4 is 5.32 Å². The predicted molar refractivity (Wildman–Crippen MR) is 102 cm³/mol. The summed E-state index contributed by atoms with van der Waals surface area (Å²) in [4.78, 5) is 16.8. The van der Waals surface area contributed by atoms with Crippen LogP contribution in [0.5, 0.6) is 0 Å². The first kappa shape index (κ1) is 18.8. The minimum atomic E-state index is -3.15. The van der Waals surface area contributed by atoms with Crippen LogP contribution in [0.4, 0.5) is 0 Å². The van der Waals surface area contributed by atoms with Crippen LogP contribution in [0.25, 0.3) is 10.9 Å². The van der Waals surface area contributed by atoms with Crippen LogP contribution in [0.15, 0.2) is 36.5 Å². The number of pyridine rings is 1. The molecule has 1 saturated heterocycles. The molecule has 0 radical (unpaired) electrons. The maximum atomic E-state index is 12.4. The standard InChI is InChI=1S/C19H25N3O3S/c1-2-26(24,25)22-13-9-17(10-14-22)19(23)21-12-8-16-6-3-5-15-7-4-11-20-18(15)16/h3-7,11,17H,2,8-10,12-14H2,1H3,(H,21,23). The van der Waals surface area contributed by atoms with Crippen molar-refractivity contribution in [2.45, 2.75) is 26.2 Å². The lowest BCUT2D eigenvalue weighted by Gasteiger charge is -2.30. The van der Waals surface area contributed by atoms with Gasteiger partial charge in [0, 0.05) is 37.1 Å². The largest absolute Gasteiger partial charge is 0.356 e. The summed E-state index contributed by atoms with van der Waals surface area (Å²) >= 11 is 0. The van der Waals surface area contributed by atoms with E-state index in [4.69, 9.17) is 0 Å². The highest BCUT2D eigenvalue weighted by Gasteiger charge is 2.29. The fourth-order valence-electron chi connectivity index (χ4n) is 3.41. The first-order chi connectivity index (χ1) is 12.5. The lowest BCUT2D eigenvalue weighted by atomic mass is 9.97. The Morgan fingerprint density at radius 1 is 1.23 bits per heavy atom. The van der Waals surface area contributed by atoms with Crippen molar-refractivity contribution in [1.82, 2.24) is 14.6 Å². The van der Waals surface area contributed by atoms with Crippen LogP contribution in [-0.2, 0) is 21.2 Å². The second-order valence-corrected chi connectivity index (χ2v) is 8.86. The van der Waals surface area contributed by atoms with Crippen LogP contribution in [-0.4, -0.2) is 49.0 Å². The molecule has 3 rings (SSSR count). The number of hydrogen-bond acceptors (Lipinski definition) is 4. The third-order valence-corrected chi connectivity index (χ3v) is 6.87. The van der Waals surface area contributed by atoms with Crippen LogP contribution in [0.1, 0.15) is 25.3 Å². The van der Waals surface area contributed by atoms with Crippen molar-refractivity contribution in [2.24, 2.45) is 5.92 Å². The highest BCUT2D eigenvalue weighted by atomic mass is 32.2. The summed E-state index contributed by atoms with van der Waals surface area (Å²) in [5.41, 5.74) is 2.09. The Labute approximate surface area is 154 Å². The zero-order valence-corrected chi connectivity index (χ0v) is 15.8. The van der Waals surface area contributed by atoms with Gasteiger partial charge in [0.1, 0.15) is 0 Å². The van der Waals surface area contributed by atoms with Gasteiger partial charge in [-0.25, -0.2) is 12.7 Å². The minimum absolute atomic E-state index is 0.0201. The quantitative estimate of drug-likeness (QED) is 0.837. The van der Waals surface area contributed by atoms with Crippen molar-refractivity contribution < 1.29 is 13.2 Å². The van der Waals surface area contributed by atoms with Crippen LogP contribution in [0.2, 0.25) is 0 Å². The van der Waals surface area contributed by atoms with E-state index in [0.717, 1.165) is 22.9 Å². The summed E-state index contributed by atoms with van der Waals surface area (Å²) in [6.45, 7) is 3.07. The number of amides is 1. The molecule has 2 aromatic rings. The maximum absolute atomic E-state index is 12.4. The summed E-state index contributed by atoms with van der Waals surface area (Å²) in [7, 11) is -3.15. The Hall–Kier alpha value is -1.99. The molecule has 0 unspecified atom stereocenters. The molecular formula is C19H25N3O3S. The van der Waals surface area contributed by atoms with Crippen molar-refractivity contribution >= 4 is 26.8 Å². The Bertz CT molecular complexity index is 869. The first-order valence-electron chi connectivity index (χ1n) is 9.09. The third-order valence-electron chi connectivity index (χ3n) is 4.99. The molecule has 140 valence electrons. The molecule has 1 N–H and O–H groups in total. The third kappa shape index (κ3) is 4.22. The number of piperidine rings is 1. The van der Waals surface area contributed by atoms with Gasteiger partial charge in [0.05, 0.1) is 11.3 Å². The van der Waals surface area contributed by atoms with E-state index in [2.05, 4.69) is 10.3 Å². The average Bonchev–Trinajstić information content (AvgIpc) is 2.68. The van der Waals surface area contributed by atoms with E-state index in [1.165, 1.54) is 4.31 Å². The molecule has 1 aliphatic rings. The van der Waals surface area contributed by atoms with Crippen molar-refractivity contribution in [1.29, 1.82) is 0 Å². The van der Waals surface area contributed by atoms with Gasteiger partial charge in [0.2, 0.25) is 15.9 Å². The molecule has 7 heteroatoms. The van der Waals surface area contributed by atoms with Gasteiger partial charge in [-0.05, 0) is 37.8 Å². The van der Waals surface area contributed by atoms with Crippen molar-refractivity contribution in [3.63, 3.8) is 0 Å². The van der Waals surface area contributed by atoms with E-state index < -0.39 is 10.0 Å². The zero-order chi connectivity index (χ0) is 18.6. The highest BCUT2D eigenvalue weighted by molar-refractivity contribution is 7.89. The van der Waals surface area contributed by atoms with Crippen molar-refractivity contribution in [3.05, 3.63) is 42.1 Å². The Morgan fingerprint density at radius 3 is 2.69 bits per heavy atom. The number of fused-ring (bicyclic) bond motifs is 1. The van der Waals surface area contributed by atoms with Gasteiger partial charge >= 0.3 is 0 Å². The summed E-state index contributed by atoms with van der Waals surface area (Å²) in [5.74, 6) is 0.0267. The Balaban J connectivity index is 1.51. The fourth-order valence-corrected chi connectivity index (χ4v) is 4.54. The molecule has 1 aliphatic heterocycles.